The molecule has 0 radical (unpaired) electrons. The number of hydrogen-bond donors (Lipinski definition) is 1. The highest BCUT2D eigenvalue weighted by molar-refractivity contribution is 5.83. The van der Waals surface area contributed by atoms with E-state index in [-0.39, 0.29) is 0 Å². The SMILES string of the molecule is CCCC(C)Cn1cc(CCCCNC)c2ccccc21. The van der Waals surface area contributed by atoms with Gasteiger partial charge in [0.2, 0.25) is 0 Å². The summed E-state index contributed by atoms with van der Waals surface area (Å²) in [6.45, 7) is 6.90. The number of unbranched alkanes of at least 4 members (excludes halogenated alkanes) is 1. The van der Waals surface area contributed by atoms with Gasteiger partial charge in [-0.2, -0.15) is 0 Å². The summed E-state index contributed by atoms with van der Waals surface area (Å²) in [5.74, 6) is 0.753. The summed E-state index contributed by atoms with van der Waals surface area (Å²) in [4.78, 5) is 0. The van der Waals surface area contributed by atoms with Crippen LogP contribution >= 0.6 is 0 Å². The Balaban J connectivity index is 2.14. The van der Waals surface area contributed by atoms with Crippen molar-refractivity contribution in [3.05, 3.63) is 36.0 Å². The first-order valence-corrected chi connectivity index (χ1v) is 8.47. The minimum absolute atomic E-state index is 0.753. The van der Waals surface area contributed by atoms with Gasteiger partial charge in [0.1, 0.15) is 0 Å². The number of fused-ring (bicyclic) bond motifs is 1. The number of aromatic nitrogens is 1. The van der Waals surface area contributed by atoms with Gasteiger partial charge in [-0.3, -0.25) is 0 Å². The van der Waals surface area contributed by atoms with E-state index in [1.54, 1.807) is 0 Å². The van der Waals surface area contributed by atoms with Crippen molar-refractivity contribution in [2.75, 3.05) is 13.6 Å². The molecule has 1 N–H and O–H groups in total. The van der Waals surface area contributed by atoms with Gasteiger partial charge in [-0.1, -0.05) is 38.5 Å². The van der Waals surface area contributed by atoms with Crippen molar-refractivity contribution in [2.24, 2.45) is 5.92 Å². The van der Waals surface area contributed by atoms with Crippen molar-refractivity contribution in [3.8, 4) is 0 Å². The average Bonchev–Trinajstić information content (AvgIpc) is 2.82. The largest absolute Gasteiger partial charge is 0.347 e. The maximum atomic E-state index is 3.23. The predicted octanol–water partition coefficient (Wildman–Crippen LogP) is 4.62. The zero-order chi connectivity index (χ0) is 15.1. The van der Waals surface area contributed by atoms with Crippen molar-refractivity contribution in [1.82, 2.24) is 9.88 Å². The van der Waals surface area contributed by atoms with E-state index in [4.69, 9.17) is 0 Å². The van der Waals surface area contributed by atoms with Crippen LogP contribution in [0.3, 0.4) is 0 Å². The van der Waals surface area contributed by atoms with Crippen LogP contribution in [0.4, 0.5) is 0 Å². The highest BCUT2D eigenvalue weighted by Gasteiger charge is 2.10. The zero-order valence-corrected chi connectivity index (χ0v) is 13.9. The van der Waals surface area contributed by atoms with Crippen molar-refractivity contribution in [3.63, 3.8) is 0 Å². The zero-order valence-electron chi connectivity index (χ0n) is 13.9. The number of nitrogens with one attached hydrogen (secondary N) is 1. The molecule has 2 nitrogen and oxygen atoms in total. The lowest BCUT2D eigenvalue weighted by Crippen LogP contribution is -2.07. The fourth-order valence-electron chi connectivity index (χ4n) is 3.21. The van der Waals surface area contributed by atoms with E-state index < -0.39 is 0 Å². The van der Waals surface area contributed by atoms with Gasteiger partial charge in [-0.25, -0.2) is 0 Å². The molecule has 1 unspecified atom stereocenters. The van der Waals surface area contributed by atoms with Crippen LogP contribution in [0.2, 0.25) is 0 Å². The third-order valence-corrected chi connectivity index (χ3v) is 4.28. The summed E-state index contributed by atoms with van der Waals surface area (Å²) in [7, 11) is 2.03. The number of hydrogen-bond acceptors (Lipinski definition) is 1. The molecule has 0 aliphatic rings. The molecule has 21 heavy (non-hydrogen) atoms. The topological polar surface area (TPSA) is 17.0 Å². The second-order valence-corrected chi connectivity index (χ2v) is 6.28. The summed E-state index contributed by atoms with van der Waals surface area (Å²) >= 11 is 0. The fraction of sp³-hybridized carbons (Fsp3) is 0.579. The van der Waals surface area contributed by atoms with E-state index in [1.165, 1.54) is 48.6 Å². The van der Waals surface area contributed by atoms with Gasteiger partial charge < -0.3 is 9.88 Å². The monoisotopic (exact) mass is 286 g/mol. The Morgan fingerprint density at radius 3 is 2.76 bits per heavy atom. The highest BCUT2D eigenvalue weighted by atomic mass is 15.0. The van der Waals surface area contributed by atoms with E-state index in [1.807, 2.05) is 7.05 Å². The molecule has 1 heterocycles. The van der Waals surface area contributed by atoms with Crippen molar-refractivity contribution >= 4 is 10.9 Å². The van der Waals surface area contributed by atoms with Crippen molar-refractivity contribution in [1.29, 1.82) is 0 Å². The quantitative estimate of drug-likeness (QED) is 0.666. The van der Waals surface area contributed by atoms with Gasteiger partial charge in [0.15, 0.2) is 0 Å². The Morgan fingerprint density at radius 2 is 2.00 bits per heavy atom. The summed E-state index contributed by atoms with van der Waals surface area (Å²) in [6, 6.07) is 8.88. The van der Waals surface area contributed by atoms with Crippen LogP contribution in [0.15, 0.2) is 30.5 Å². The highest BCUT2D eigenvalue weighted by Crippen LogP contribution is 2.24. The molecule has 0 spiro atoms. The second kappa shape index (κ2) is 8.23. The maximum Gasteiger partial charge on any atom is 0.0483 e. The standard InChI is InChI=1S/C19H30N2/c1-4-9-16(2)14-21-15-17(10-7-8-13-20-3)18-11-5-6-12-19(18)21/h5-6,11-12,15-16,20H,4,7-10,13-14H2,1-3H3. The van der Waals surface area contributed by atoms with Gasteiger partial charge in [0.05, 0.1) is 0 Å². The van der Waals surface area contributed by atoms with Crippen LogP contribution in [-0.4, -0.2) is 18.2 Å². The Hall–Kier alpha value is -1.28. The molecule has 0 fully saturated rings. The smallest absolute Gasteiger partial charge is 0.0483 e. The second-order valence-electron chi connectivity index (χ2n) is 6.28. The van der Waals surface area contributed by atoms with Crippen LogP contribution in [0.1, 0.15) is 45.1 Å². The maximum absolute atomic E-state index is 3.23. The Bertz CT molecular complexity index is 541. The van der Waals surface area contributed by atoms with Gasteiger partial charge in [-0.05, 0) is 56.8 Å². The lowest BCUT2D eigenvalue weighted by atomic mass is 10.1. The fourth-order valence-corrected chi connectivity index (χ4v) is 3.21. The summed E-state index contributed by atoms with van der Waals surface area (Å²) in [6.07, 6.45) is 8.69. The third kappa shape index (κ3) is 4.34. The number of para-hydroxylation sites is 1. The van der Waals surface area contributed by atoms with Gasteiger partial charge in [0, 0.05) is 23.6 Å². The summed E-state index contributed by atoms with van der Waals surface area (Å²) in [5.41, 5.74) is 2.93. The number of rotatable bonds is 9. The van der Waals surface area contributed by atoms with E-state index >= 15 is 0 Å². The molecule has 0 aliphatic carbocycles. The van der Waals surface area contributed by atoms with Crippen molar-refractivity contribution in [2.45, 2.75) is 52.5 Å². The molecule has 1 atom stereocenters. The Kier molecular flexibility index (Phi) is 6.31. The van der Waals surface area contributed by atoms with Crippen LogP contribution in [0.5, 0.6) is 0 Å². The first kappa shape index (κ1) is 16.1. The lowest BCUT2D eigenvalue weighted by molar-refractivity contribution is 0.453. The lowest BCUT2D eigenvalue weighted by Gasteiger charge is -2.12. The van der Waals surface area contributed by atoms with Crippen LogP contribution < -0.4 is 5.32 Å². The predicted molar refractivity (Wildman–Crippen MR) is 92.9 cm³/mol. The third-order valence-electron chi connectivity index (χ3n) is 4.28. The molecule has 2 heteroatoms. The molecule has 0 amide bonds. The number of aryl methyl sites for hydroxylation is 1. The normalized spacial score (nSPS) is 12.9. The average molecular weight is 286 g/mol. The molecular weight excluding hydrogens is 256 g/mol. The first-order chi connectivity index (χ1) is 10.3. The number of benzene rings is 1. The molecule has 0 bridgehead atoms. The molecule has 1 aromatic carbocycles. The molecule has 0 saturated heterocycles. The van der Waals surface area contributed by atoms with E-state index in [9.17, 15) is 0 Å². The van der Waals surface area contributed by atoms with Crippen molar-refractivity contribution < 1.29 is 0 Å². The van der Waals surface area contributed by atoms with E-state index in [0.717, 1.165) is 19.0 Å². The minimum Gasteiger partial charge on any atom is -0.347 e. The Morgan fingerprint density at radius 1 is 1.19 bits per heavy atom. The van der Waals surface area contributed by atoms with E-state index in [2.05, 4.69) is 54.2 Å². The van der Waals surface area contributed by atoms with E-state index in [0.29, 0.717) is 0 Å². The molecule has 0 saturated carbocycles. The van der Waals surface area contributed by atoms with Gasteiger partial charge in [-0.15, -0.1) is 0 Å². The Labute approximate surface area is 129 Å². The molecule has 2 rings (SSSR count). The minimum atomic E-state index is 0.753. The molecular formula is C19H30N2. The molecule has 0 aliphatic heterocycles. The van der Waals surface area contributed by atoms with Crippen LogP contribution in [0.25, 0.3) is 10.9 Å². The van der Waals surface area contributed by atoms with Crippen LogP contribution in [-0.2, 0) is 13.0 Å². The number of nitrogens with zero attached hydrogens (tertiary/aromatic N) is 1. The first-order valence-electron chi connectivity index (χ1n) is 8.47. The van der Waals surface area contributed by atoms with Gasteiger partial charge >= 0.3 is 0 Å². The molecule has 2 aromatic rings. The van der Waals surface area contributed by atoms with Crippen LogP contribution in [0, 0.1) is 5.92 Å². The summed E-state index contributed by atoms with van der Waals surface area (Å²) in [5, 5.41) is 4.68. The van der Waals surface area contributed by atoms with Gasteiger partial charge in [0.25, 0.3) is 0 Å². The molecule has 116 valence electrons. The molecule has 1 aromatic heterocycles. The summed E-state index contributed by atoms with van der Waals surface area (Å²) < 4.78 is 2.48.